The summed E-state index contributed by atoms with van der Waals surface area (Å²) in [6.45, 7) is 0.523. The van der Waals surface area contributed by atoms with Gasteiger partial charge in [0.05, 0.1) is 0 Å². The number of benzene rings is 2. The number of carbonyl (C=O) groups excluding carboxylic acids is 1. The molecular formula is C21H25F2IN4O2. The highest BCUT2D eigenvalue weighted by atomic mass is 127. The van der Waals surface area contributed by atoms with Crippen molar-refractivity contribution in [1.82, 2.24) is 16.0 Å². The van der Waals surface area contributed by atoms with Gasteiger partial charge in [0, 0.05) is 31.7 Å². The van der Waals surface area contributed by atoms with Crippen LogP contribution in [0.1, 0.15) is 24.0 Å². The fourth-order valence-electron chi connectivity index (χ4n) is 2.66. The van der Waals surface area contributed by atoms with Crippen molar-refractivity contribution in [2.75, 3.05) is 13.7 Å². The third kappa shape index (κ3) is 7.77. The average molecular weight is 530 g/mol. The maximum absolute atomic E-state index is 13.7. The maximum Gasteiger partial charge on any atom is 0.258 e. The van der Waals surface area contributed by atoms with E-state index in [0.29, 0.717) is 24.3 Å². The van der Waals surface area contributed by atoms with Crippen LogP contribution in [0.4, 0.5) is 8.78 Å². The van der Waals surface area contributed by atoms with Gasteiger partial charge in [0.25, 0.3) is 5.91 Å². The smallest absolute Gasteiger partial charge is 0.258 e. The Balaban J connectivity index is 0.00000320. The maximum atomic E-state index is 13.7. The fraction of sp³-hybridized carbons (Fsp3) is 0.333. The van der Waals surface area contributed by atoms with E-state index < -0.39 is 11.6 Å². The summed E-state index contributed by atoms with van der Waals surface area (Å²) in [5, 5.41) is 8.93. The summed E-state index contributed by atoms with van der Waals surface area (Å²) in [5.41, 5.74) is 1.14. The second-order valence-corrected chi connectivity index (χ2v) is 6.79. The van der Waals surface area contributed by atoms with Crippen LogP contribution in [0, 0.1) is 11.6 Å². The van der Waals surface area contributed by atoms with E-state index in [1.165, 1.54) is 0 Å². The number of nitrogens with zero attached hydrogens (tertiary/aromatic N) is 1. The Morgan fingerprint density at radius 3 is 2.63 bits per heavy atom. The third-order valence-corrected chi connectivity index (χ3v) is 4.35. The molecule has 0 bridgehead atoms. The number of guanidine groups is 1. The van der Waals surface area contributed by atoms with Gasteiger partial charge in [-0.05, 0) is 48.7 Å². The van der Waals surface area contributed by atoms with Gasteiger partial charge in [0.15, 0.2) is 12.6 Å². The number of nitrogens with one attached hydrogen (secondary N) is 3. The Kier molecular flexibility index (Phi) is 9.28. The number of aliphatic imine (C=N–C) groups is 1. The van der Waals surface area contributed by atoms with Gasteiger partial charge in [-0.15, -0.1) is 24.0 Å². The van der Waals surface area contributed by atoms with Crippen LogP contribution < -0.4 is 20.7 Å². The second kappa shape index (κ2) is 11.7. The summed E-state index contributed by atoms with van der Waals surface area (Å²) in [7, 11) is 1.59. The SMILES string of the molecule is CN=C(NCc1cccc(OCC(=O)NC2CC2)c1)NCc1cc(F)ccc1F.I. The Hall–Kier alpha value is -2.43. The van der Waals surface area contributed by atoms with Gasteiger partial charge in [0.1, 0.15) is 17.4 Å². The number of halogens is 3. The highest BCUT2D eigenvalue weighted by Gasteiger charge is 2.23. The monoisotopic (exact) mass is 530 g/mol. The Bertz CT molecular complexity index is 891. The van der Waals surface area contributed by atoms with Crippen LogP contribution in [0.25, 0.3) is 0 Å². The zero-order valence-corrected chi connectivity index (χ0v) is 18.9. The van der Waals surface area contributed by atoms with Crippen molar-refractivity contribution in [3.05, 3.63) is 65.2 Å². The van der Waals surface area contributed by atoms with Crippen LogP contribution >= 0.6 is 24.0 Å². The fourth-order valence-corrected chi connectivity index (χ4v) is 2.66. The molecule has 2 aromatic rings. The van der Waals surface area contributed by atoms with Crippen molar-refractivity contribution >= 4 is 35.8 Å². The number of hydrogen-bond donors (Lipinski definition) is 3. The molecule has 1 fully saturated rings. The number of rotatable bonds is 8. The number of carbonyl (C=O) groups is 1. The van der Waals surface area contributed by atoms with Crippen molar-refractivity contribution in [3.8, 4) is 5.75 Å². The molecule has 1 aliphatic carbocycles. The van der Waals surface area contributed by atoms with Gasteiger partial charge < -0.3 is 20.7 Å². The lowest BCUT2D eigenvalue weighted by Crippen LogP contribution is -2.36. The van der Waals surface area contributed by atoms with Gasteiger partial charge in [-0.1, -0.05) is 12.1 Å². The Labute approximate surface area is 191 Å². The van der Waals surface area contributed by atoms with E-state index in [1.54, 1.807) is 13.1 Å². The second-order valence-electron chi connectivity index (χ2n) is 6.79. The van der Waals surface area contributed by atoms with E-state index >= 15 is 0 Å². The first-order valence-corrected chi connectivity index (χ1v) is 9.43. The normalized spacial score (nSPS) is 13.2. The van der Waals surface area contributed by atoms with Crippen LogP contribution in [0.5, 0.6) is 5.75 Å². The Morgan fingerprint density at radius 2 is 1.90 bits per heavy atom. The molecule has 2 aromatic carbocycles. The molecule has 0 unspecified atom stereocenters. The summed E-state index contributed by atoms with van der Waals surface area (Å²) in [6.07, 6.45) is 2.07. The highest BCUT2D eigenvalue weighted by molar-refractivity contribution is 14.0. The van der Waals surface area contributed by atoms with Gasteiger partial charge in [0.2, 0.25) is 0 Å². The van der Waals surface area contributed by atoms with E-state index in [9.17, 15) is 13.6 Å². The summed E-state index contributed by atoms with van der Waals surface area (Å²) in [5.74, 6) is -0.0484. The van der Waals surface area contributed by atoms with E-state index in [1.807, 2.05) is 18.2 Å². The quantitative estimate of drug-likeness (QED) is 0.279. The predicted octanol–water partition coefficient (Wildman–Crippen LogP) is 3.11. The molecule has 0 aromatic heterocycles. The average Bonchev–Trinajstić information content (AvgIpc) is 3.53. The predicted molar refractivity (Wildman–Crippen MR) is 122 cm³/mol. The summed E-state index contributed by atoms with van der Waals surface area (Å²) in [4.78, 5) is 15.8. The standard InChI is InChI=1S/C21H24F2N4O2.HI/c1-24-21(26-12-15-10-16(22)5-8-19(15)23)25-11-14-3-2-4-18(9-14)29-13-20(28)27-17-6-7-17;/h2-5,8-10,17H,6-7,11-13H2,1H3,(H,27,28)(H2,24,25,26);1H. The minimum atomic E-state index is -0.492. The molecule has 30 heavy (non-hydrogen) atoms. The van der Waals surface area contributed by atoms with E-state index in [0.717, 1.165) is 36.6 Å². The zero-order chi connectivity index (χ0) is 20.6. The molecule has 0 saturated heterocycles. The molecule has 0 aliphatic heterocycles. The lowest BCUT2D eigenvalue weighted by Gasteiger charge is -2.13. The van der Waals surface area contributed by atoms with Gasteiger partial charge in [-0.2, -0.15) is 0 Å². The minimum absolute atomic E-state index is 0. The molecule has 3 N–H and O–H groups in total. The summed E-state index contributed by atoms with van der Waals surface area (Å²) >= 11 is 0. The first kappa shape index (κ1) is 23.8. The van der Waals surface area contributed by atoms with Crippen LogP contribution in [-0.4, -0.2) is 31.6 Å². The Morgan fingerprint density at radius 1 is 1.13 bits per heavy atom. The van der Waals surface area contributed by atoms with Crippen LogP contribution in [-0.2, 0) is 17.9 Å². The molecule has 0 spiro atoms. The third-order valence-electron chi connectivity index (χ3n) is 4.35. The molecule has 0 atom stereocenters. The number of ether oxygens (including phenoxy) is 1. The van der Waals surface area contributed by atoms with E-state index in [2.05, 4.69) is 20.9 Å². The molecule has 9 heteroatoms. The van der Waals surface area contributed by atoms with Crippen molar-refractivity contribution < 1.29 is 18.3 Å². The van der Waals surface area contributed by atoms with Crippen molar-refractivity contribution in [2.24, 2.45) is 4.99 Å². The van der Waals surface area contributed by atoms with E-state index in [-0.39, 0.29) is 48.6 Å². The summed E-state index contributed by atoms with van der Waals surface area (Å²) in [6, 6.07) is 11.0. The largest absolute Gasteiger partial charge is 0.484 e. The van der Waals surface area contributed by atoms with Gasteiger partial charge in [-0.25, -0.2) is 8.78 Å². The van der Waals surface area contributed by atoms with Crippen molar-refractivity contribution in [3.63, 3.8) is 0 Å². The first-order chi connectivity index (χ1) is 14.0. The van der Waals surface area contributed by atoms with Crippen molar-refractivity contribution in [2.45, 2.75) is 32.0 Å². The molecule has 3 rings (SSSR count). The highest BCUT2D eigenvalue weighted by Crippen LogP contribution is 2.18. The molecule has 1 aliphatic rings. The van der Waals surface area contributed by atoms with Crippen molar-refractivity contribution in [1.29, 1.82) is 0 Å². The van der Waals surface area contributed by atoms with Crippen LogP contribution in [0.3, 0.4) is 0 Å². The van der Waals surface area contributed by atoms with Gasteiger partial charge >= 0.3 is 0 Å². The molecule has 0 radical (unpaired) electrons. The molecule has 1 amide bonds. The van der Waals surface area contributed by atoms with Crippen LogP contribution in [0.2, 0.25) is 0 Å². The number of amides is 1. The topological polar surface area (TPSA) is 74.8 Å². The lowest BCUT2D eigenvalue weighted by atomic mass is 10.2. The van der Waals surface area contributed by atoms with Gasteiger partial charge in [-0.3, -0.25) is 9.79 Å². The molecule has 0 heterocycles. The zero-order valence-electron chi connectivity index (χ0n) is 16.6. The molecule has 162 valence electrons. The number of hydrogen-bond acceptors (Lipinski definition) is 3. The molecule has 1 saturated carbocycles. The minimum Gasteiger partial charge on any atom is -0.484 e. The molecular weight excluding hydrogens is 505 g/mol. The molecule has 6 nitrogen and oxygen atoms in total. The van der Waals surface area contributed by atoms with E-state index in [4.69, 9.17) is 4.74 Å². The van der Waals surface area contributed by atoms with Crippen LogP contribution in [0.15, 0.2) is 47.5 Å². The first-order valence-electron chi connectivity index (χ1n) is 9.43. The lowest BCUT2D eigenvalue weighted by molar-refractivity contribution is -0.123. The summed E-state index contributed by atoms with van der Waals surface area (Å²) < 4.78 is 32.5.